The third kappa shape index (κ3) is 4.54. The average molecular weight is 407 g/mol. The lowest BCUT2D eigenvalue weighted by atomic mass is 9.92. The maximum Gasteiger partial charge on any atom is 0.255 e. The van der Waals surface area contributed by atoms with E-state index >= 15 is 0 Å². The number of carbonyl (C=O) groups is 1. The van der Waals surface area contributed by atoms with E-state index in [1.54, 1.807) is 12.4 Å². The number of aromatic nitrogens is 3. The van der Waals surface area contributed by atoms with Gasteiger partial charge in [0.25, 0.3) is 5.91 Å². The molecule has 1 fully saturated rings. The topological polar surface area (TPSA) is 68.5 Å². The van der Waals surface area contributed by atoms with Gasteiger partial charge in [0.2, 0.25) is 0 Å². The van der Waals surface area contributed by atoms with Gasteiger partial charge in [0.05, 0.1) is 17.4 Å². The van der Waals surface area contributed by atoms with Crippen molar-refractivity contribution in [2.45, 2.75) is 64.5 Å². The summed E-state index contributed by atoms with van der Waals surface area (Å²) < 4.78 is 7.91. The molecule has 3 aromatic rings. The number of rotatable bonds is 7. The van der Waals surface area contributed by atoms with E-state index in [2.05, 4.69) is 17.2 Å². The molecule has 158 valence electrons. The van der Waals surface area contributed by atoms with Crippen molar-refractivity contribution in [1.82, 2.24) is 19.7 Å². The smallest absolute Gasteiger partial charge is 0.255 e. The normalized spacial score (nSPS) is 19.1. The molecule has 3 heterocycles. The van der Waals surface area contributed by atoms with Crippen LogP contribution in [-0.4, -0.2) is 39.0 Å². The molecular formula is C24H30N4O2. The highest BCUT2D eigenvalue weighted by Gasteiger charge is 2.24. The molecule has 6 nitrogen and oxygen atoms in total. The molecule has 0 atom stereocenters. The Hall–Kier alpha value is -2.73. The number of nitrogens with one attached hydrogen (secondary N) is 1. The lowest BCUT2D eigenvalue weighted by Crippen LogP contribution is -2.39. The van der Waals surface area contributed by atoms with Gasteiger partial charge < -0.3 is 14.5 Å². The van der Waals surface area contributed by atoms with Crippen LogP contribution in [0.15, 0.2) is 42.9 Å². The van der Waals surface area contributed by atoms with E-state index < -0.39 is 0 Å². The molecule has 0 radical (unpaired) electrons. The number of hydrogen-bond acceptors (Lipinski definition) is 4. The molecule has 0 unspecified atom stereocenters. The number of hydrogen-bond donors (Lipinski definition) is 1. The lowest BCUT2D eigenvalue weighted by Gasteiger charge is -2.29. The van der Waals surface area contributed by atoms with Crippen LogP contribution in [0.4, 0.5) is 0 Å². The summed E-state index contributed by atoms with van der Waals surface area (Å²) >= 11 is 0. The molecule has 1 amide bonds. The molecule has 30 heavy (non-hydrogen) atoms. The minimum absolute atomic E-state index is 0.0527. The number of carbonyl (C=O) groups excluding carboxylic acids is 1. The van der Waals surface area contributed by atoms with Crippen molar-refractivity contribution in [3.05, 3.63) is 54.1 Å². The van der Waals surface area contributed by atoms with Crippen LogP contribution in [0.2, 0.25) is 0 Å². The number of ether oxygens (including phenoxy) is 1. The van der Waals surface area contributed by atoms with E-state index in [-0.39, 0.29) is 11.9 Å². The van der Waals surface area contributed by atoms with Crippen molar-refractivity contribution < 1.29 is 9.53 Å². The van der Waals surface area contributed by atoms with Crippen molar-refractivity contribution in [2.75, 3.05) is 6.61 Å². The monoisotopic (exact) mass is 406 g/mol. The zero-order chi connectivity index (χ0) is 20.9. The van der Waals surface area contributed by atoms with Crippen molar-refractivity contribution in [3.8, 4) is 11.3 Å². The highest BCUT2D eigenvalue weighted by molar-refractivity contribution is 6.00. The summed E-state index contributed by atoms with van der Waals surface area (Å²) in [6.45, 7) is 5.05. The predicted molar refractivity (Wildman–Crippen MR) is 118 cm³/mol. The fraction of sp³-hybridized carbons (Fsp3) is 0.458. The Kier molecular flexibility index (Phi) is 6.43. The summed E-state index contributed by atoms with van der Waals surface area (Å²) in [5.74, 6) is -0.0527. The minimum atomic E-state index is -0.0527. The predicted octanol–water partition coefficient (Wildman–Crippen LogP) is 4.56. The molecule has 0 bridgehead atoms. The standard InChI is InChI=1S/C24H30N4O2/c1-3-4-14-30-20-9-7-19(8-10-20)26-24(29)21-11-13-28-17(2)15-22(27-23(21)28)18-6-5-12-25-16-18/h5-6,11-13,15-16,19-20H,3-4,7-10,14H2,1-2H3,(H,26,29). The number of aryl methyl sites for hydroxylation is 1. The van der Waals surface area contributed by atoms with E-state index in [0.29, 0.717) is 17.3 Å². The van der Waals surface area contributed by atoms with Gasteiger partial charge in [-0.3, -0.25) is 9.78 Å². The molecule has 3 aromatic heterocycles. The van der Waals surface area contributed by atoms with Gasteiger partial charge in [-0.25, -0.2) is 4.98 Å². The third-order valence-corrected chi connectivity index (χ3v) is 5.87. The van der Waals surface area contributed by atoms with Gasteiger partial charge in [-0.1, -0.05) is 13.3 Å². The molecule has 0 aromatic carbocycles. The summed E-state index contributed by atoms with van der Waals surface area (Å²) in [7, 11) is 0. The van der Waals surface area contributed by atoms with Crippen LogP contribution < -0.4 is 5.32 Å². The molecule has 1 N–H and O–H groups in total. The zero-order valence-electron chi connectivity index (χ0n) is 17.8. The first-order valence-electron chi connectivity index (χ1n) is 11.0. The molecule has 1 aliphatic rings. The molecular weight excluding hydrogens is 376 g/mol. The second-order valence-electron chi connectivity index (χ2n) is 8.12. The largest absolute Gasteiger partial charge is 0.378 e. The van der Waals surface area contributed by atoms with Gasteiger partial charge in [0.1, 0.15) is 5.65 Å². The van der Waals surface area contributed by atoms with E-state index in [9.17, 15) is 4.79 Å². The van der Waals surface area contributed by atoms with Crippen LogP contribution in [0, 0.1) is 6.92 Å². The Labute approximate surface area is 177 Å². The van der Waals surface area contributed by atoms with Gasteiger partial charge in [-0.15, -0.1) is 0 Å². The quantitative estimate of drug-likeness (QED) is 0.584. The second kappa shape index (κ2) is 9.39. The summed E-state index contributed by atoms with van der Waals surface area (Å²) in [6, 6.07) is 7.95. The molecule has 0 spiro atoms. The van der Waals surface area contributed by atoms with Crippen molar-refractivity contribution in [2.24, 2.45) is 0 Å². The number of amides is 1. The van der Waals surface area contributed by atoms with Crippen LogP contribution in [0.3, 0.4) is 0 Å². The van der Waals surface area contributed by atoms with Crippen molar-refractivity contribution >= 4 is 11.6 Å². The van der Waals surface area contributed by atoms with Crippen LogP contribution in [0.5, 0.6) is 0 Å². The Morgan fingerprint density at radius 2 is 2.10 bits per heavy atom. The van der Waals surface area contributed by atoms with Crippen LogP contribution in [-0.2, 0) is 4.74 Å². The van der Waals surface area contributed by atoms with Crippen molar-refractivity contribution in [1.29, 1.82) is 0 Å². The molecule has 0 saturated heterocycles. The maximum atomic E-state index is 13.0. The summed E-state index contributed by atoms with van der Waals surface area (Å²) in [4.78, 5) is 22.0. The second-order valence-corrected chi connectivity index (χ2v) is 8.12. The molecule has 6 heteroatoms. The highest BCUT2D eigenvalue weighted by Crippen LogP contribution is 2.24. The number of pyridine rings is 1. The first-order chi connectivity index (χ1) is 14.7. The third-order valence-electron chi connectivity index (χ3n) is 5.87. The molecule has 4 rings (SSSR count). The average Bonchev–Trinajstić information content (AvgIpc) is 3.21. The van der Waals surface area contributed by atoms with Gasteiger partial charge in [-0.2, -0.15) is 0 Å². The minimum Gasteiger partial charge on any atom is -0.378 e. The van der Waals surface area contributed by atoms with E-state index in [1.807, 2.05) is 41.8 Å². The summed E-state index contributed by atoms with van der Waals surface area (Å²) in [5, 5.41) is 3.22. The van der Waals surface area contributed by atoms with Gasteiger partial charge in [0.15, 0.2) is 0 Å². The number of nitrogens with zero attached hydrogens (tertiary/aromatic N) is 3. The Morgan fingerprint density at radius 3 is 2.83 bits per heavy atom. The SMILES string of the molecule is CCCCOC1CCC(NC(=O)c2ccn3c(C)cc(-c4cccnc4)nc23)CC1. The summed E-state index contributed by atoms with van der Waals surface area (Å²) in [5.41, 5.74) is 4.10. The molecule has 0 aliphatic heterocycles. The first kappa shape index (κ1) is 20.5. The fourth-order valence-electron chi connectivity index (χ4n) is 4.11. The van der Waals surface area contributed by atoms with Crippen LogP contribution in [0.25, 0.3) is 16.9 Å². The molecule has 1 aliphatic carbocycles. The van der Waals surface area contributed by atoms with Crippen molar-refractivity contribution in [3.63, 3.8) is 0 Å². The Bertz CT molecular complexity index is 991. The van der Waals surface area contributed by atoms with Gasteiger partial charge >= 0.3 is 0 Å². The van der Waals surface area contributed by atoms with E-state index in [4.69, 9.17) is 9.72 Å². The molecule has 1 saturated carbocycles. The highest BCUT2D eigenvalue weighted by atomic mass is 16.5. The fourth-order valence-corrected chi connectivity index (χ4v) is 4.11. The maximum absolute atomic E-state index is 13.0. The van der Waals surface area contributed by atoms with Crippen LogP contribution >= 0.6 is 0 Å². The van der Waals surface area contributed by atoms with E-state index in [1.165, 1.54) is 0 Å². The first-order valence-corrected chi connectivity index (χ1v) is 11.0. The van der Waals surface area contributed by atoms with Gasteiger partial charge in [0, 0.05) is 42.5 Å². The lowest BCUT2D eigenvalue weighted by molar-refractivity contribution is 0.0209. The van der Waals surface area contributed by atoms with Crippen LogP contribution in [0.1, 0.15) is 61.5 Å². The summed E-state index contributed by atoms with van der Waals surface area (Å²) in [6.07, 6.45) is 12.0. The Balaban J connectivity index is 1.46. The van der Waals surface area contributed by atoms with E-state index in [0.717, 1.165) is 62.1 Å². The van der Waals surface area contributed by atoms with Gasteiger partial charge in [-0.05, 0) is 63.3 Å². The Morgan fingerprint density at radius 1 is 1.27 bits per heavy atom. The number of fused-ring (bicyclic) bond motifs is 1. The zero-order valence-corrected chi connectivity index (χ0v) is 17.8. The number of unbranched alkanes of at least 4 members (excludes halogenated alkanes) is 1.